The summed E-state index contributed by atoms with van der Waals surface area (Å²) in [4.78, 5) is 8.33. The van der Waals surface area contributed by atoms with Crippen molar-refractivity contribution in [1.82, 2.24) is 9.88 Å². The molecule has 0 unspecified atom stereocenters. The van der Waals surface area contributed by atoms with Crippen LogP contribution in [0.3, 0.4) is 0 Å². The topological polar surface area (TPSA) is 42.2 Å². The molecule has 2 aromatic rings. The molecule has 2 heterocycles. The van der Waals surface area contributed by atoms with Gasteiger partial charge < -0.3 is 5.73 Å². The van der Waals surface area contributed by atoms with E-state index in [9.17, 15) is 0 Å². The number of hydrogen-bond donors (Lipinski definition) is 1. The van der Waals surface area contributed by atoms with Crippen molar-refractivity contribution in [2.24, 2.45) is 0 Å². The molecule has 0 saturated heterocycles. The van der Waals surface area contributed by atoms with Crippen LogP contribution in [-0.4, -0.2) is 9.88 Å². The molecule has 1 aliphatic rings. The molecule has 4 heteroatoms. The predicted octanol–water partition coefficient (Wildman–Crippen LogP) is 2.86. The van der Waals surface area contributed by atoms with Crippen LogP contribution in [0.25, 0.3) is 0 Å². The second kappa shape index (κ2) is 4.37. The lowest BCUT2D eigenvalue weighted by Gasteiger charge is -2.12. The number of aromatic nitrogens is 1. The highest BCUT2D eigenvalue weighted by molar-refractivity contribution is 7.11. The van der Waals surface area contributed by atoms with Crippen molar-refractivity contribution in [3.63, 3.8) is 0 Å². The summed E-state index contributed by atoms with van der Waals surface area (Å²) < 4.78 is 0. The van der Waals surface area contributed by atoms with Crippen LogP contribution in [0.15, 0.2) is 18.2 Å². The molecule has 2 N–H and O–H groups in total. The number of hydrogen-bond acceptors (Lipinski definition) is 4. The van der Waals surface area contributed by atoms with Gasteiger partial charge in [0, 0.05) is 23.7 Å². The van der Waals surface area contributed by atoms with E-state index < -0.39 is 0 Å². The van der Waals surface area contributed by atoms with Gasteiger partial charge in [0.15, 0.2) is 0 Å². The number of nitrogens with zero attached hydrogens (tertiary/aromatic N) is 2. The van der Waals surface area contributed by atoms with Crippen molar-refractivity contribution >= 4 is 17.0 Å². The van der Waals surface area contributed by atoms with E-state index in [1.165, 1.54) is 21.0 Å². The van der Waals surface area contributed by atoms with Crippen molar-refractivity contribution in [2.75, 3.05) is 5.73 Å². The van der Waals surface area contributed by atoms with E-state index in [2.05, 4.69) is 29.8 Å². The van der Waals surface area contributed by atoms with Gasteiger partial charge in [-0.05, 0) is 31.0 Å². The molecule has 0 saturated carbocycles. The summed E-state index contributed by atoms with van der Waals surface area (Å²) in [6.07, 6.45) is 0. The van der Waals surface area contributed by atoms with Gasteiger partial charge in [-0.25, -0.2) is 4.98 Å². The summed E-state index contributed by atoms with van der Waals surface area (Å²) in [7, 11) is 0. The minimum Gasteiger partial charge on any atom is -0.398 e. The zero-order chi connectivity index (χ0) is 12.7. The summed E-state index contributed by atoms with van der Waals surface area (Å²) in [6, 6.07) is 6.19. The van der Waals surface area contributed by atoms with Crippen LogP contribution >= 0.6 is 11.3 Å². The lowest BCUT2D eigenvalue weighted by molar-refractivity contribution is 0.275. The van der Waals surface area contributed by atoms with Crippen LogP contribution in [0.1, 0.15) is 26.7 Å². The van der Waals surface area contributed by atoms with Crippen molar-refractivity contribution in [1.29, 1.82) is 0 Å². The summed E-state index contributed by atoms with van der Waals surface area (Å²) in [5.74, 6) is 0. The minimum atomic E-state index is 0.918. The lowest BCUT2D eigenvalue weighted by Crippen LogP contribution is -2.15. The molecule has 94 valence electrons. The molecule has 3 rings (SSSR count). The highest BCUT2D eigenvalue weighted by Crippen LogP contribution is 2.29. The van der Waals surface area contributed by atoms with Gasteiger partial charge in [-0.2, -0.15) is 0 Å². The van der Waals surface area contributed by atoms with Crippen LogP contribution in [-0.2, 0) is 19.6 Å². The highest BCUT2D eigenvalue weighted by Gasteiger charge is 2.21. The Hall–Kier alpha value is -1.39. The third-order valence-electron chi connectivity index (χ3n) is 3.52. The Labute approximate surface area is 111 Å². The van der Waals surface area contributed by atoms with Gasteiger partial charge >= 0.3 is 0 Å². The Bertz CT molecular complexity index is 569. The third-order valence-corrected chi connectivity index (χ3v) is 4.57. The molecule has 0 bridgehead atoms. The van der Waals surface area contributed by atoms with Crippen LogP contribution in [0.5, 0.6) is 0 Å². The van der Waals surface area contributed by atoms with E-state index in [1.807, 2.05) is 12.1 Å². The number of benzene rings is 1. The molecule has 0 radical (unpaired) electrons. The van der Waals surface area contributed by atoms with Gasteiger partial charge in [-0.15, -0.1) is 11.3 Å². The van der Waals surface area contributed by atoms with E-state index in [-0.39, 0.29) is 0 Å². The fourth-order valence-corrected chi connectivity index (χ4v) is 3.40. The largest absolute Gasteiger partial charge is 0.398 e. The van der Waals surface area contributed by atoms with Gasteiger partial charge in [0.2, 0.25) is 0 Å². The maximum Gasteiger partial charge on any atom is 0.107 e. The summed E-state index contributed by atoms with van der Waals surface area (Å²) in [5, 5.41) is 1.20. The number of aryl methyl sites for hydroxylation is 2. The lowest BCUT2D eigenvalue weighted by atomic mass is 10.1. The number of anilines is 1. The summed E-state index contributed by atoms with van der Waals surface area (Å²) in [5.41, 5.74) is 10.7. The number of nitrogens with two attached hydrogens (primary N) is 1. The Balaban J connectivity index is 1.76. The molecule has 18 heavy (non-hydrogen) atoms. The second-order valence-electron chi connectivity index (χ2n) is 4.88. The average Bonchev–Trinajstić information content (AvgIpc) is 2.85. The molecule has 0 spiro atoms. The van der Waals surface area contributed by atoms with E-state index >= 15 is 0 Å². The first-order valence-electron chi connectivity index (χ1n) is 6.15. The van der Waals surface area contributed by atoms with Crippen LogP contribution < -0.4 is 5.73 Å². The quantitative estimate of drug-likeness (QED) is 0.843. The van der Waals surface area contributed by atoms with E-state index in [1.54, 1.807) is 11.3 Å². The van der Waals surface area contributed by atoms with Gasteiger partial charge in [0.05, 0.1) is 12.2 Å². The first-order chi connectivity index (χ1) is 8.63. The first-order valence-corrected chi connectivity index (χ1v) is 6.96. The molecular formula is C14H17N3S. The normalized spacial score (nSPS) is 15.0. The van der Waals surface area contributed by atoms with Crippen molar-refractivity contribution in [3.8, 4) is 0 Å². The minimum absolute atomic E-state index is 0.918. The standard InChI is InChI=1S/C14H17N3S/c1-9-10(2)18-14(16-9)8-17-6-11-4-3-5-13(15)12(11)7-17/h3-5H,6-8,15H2,1-2H3. The maximum atomic E-state index is 6.02. The Kier molecular flexibility index (Phi) is 2.84. The Morgan fingerprint density at radius 1 is 1.33 bits per heavy atom. The number of nitrogen functional groups attached to an aromatic ring is 1. The summed E-state index contributed by atoms with van der Waals surface area (Å²) in [6.45, 7) is 7.06. The van der Waals surface area contributed by atoms with Crippen molar-refractivity contribution in [2.45, 2.75) is 33.5 Å². The number of thiazole rings is 1. The van der Waals surface area contributed by atoms with Gasteiger partial charge in [0.1, 0.15) is 5.01 Å². The number of fused-ring (bicyclic) bond motifs is 1. The van der Waals surface area contributed by atoms with Crippen LogP contribution in [0.2, 0.25) is 0 Å². The summed E-state index contributed by atoms with van der Waals surface area (Å²) >= 11 is 1.80. The average molecular weight is 259 g/mol. The predicted molar refractivity (Wildman–Crippen MR) is 75.4 cm³/mol. The Morgan fingerprint density at radius 2 is 2.17 bits per heavy atom. The molecule has 0 aliphatic carbocycles. The maximum absolute atomic E-state index is 6.02. The molecule has 0 amide bonds. The van der Waals surface area contributed by atoms with Gasteiger partial charge in [-0.1, -0.05) is 12.1 Å². The molecule has 0 atom stereocenters. The van der Waals surface area contributed by atoms with E-state index in [0.717, 1.165) is 31.0 Å². The second-order valence-corrected chi connectivity index (χ2v) is 6.17. The molecule has 0 fully saturated rings. The fraction of sp³-hybridized carbons (Fsp3) is 0.357. The smallest absolute Gasteiger partial charge is 0.107 e. The fourth-order valence-electron chi connectivity index (χ4n) is 2.43. The van der Waals surface area contributed by atoms with Crippen molar-refractivity contribution < 1.29 is 0 Å². The highest BCUT2D eigenvalue weighted by atomic mass is 32.1. The molecule has 3 nitrogen and oxygen atoms in total. The van der Waals surface area contributed by atoms with Gasteiger partial charge in [0.25, 0.3) is 0 Å². The molecular weight excluding hydrogens is 242 g/mol. The number of rotatable bonds is 2. The zero-order valence-corrected chi connectivity index (χ0v) is 11.5. The zero-order valence-electron chi connectivity index (χ0n) is 10.7. The van der Waals surface area contributed by atoms with E-state index in [4.69, 9.17) is 5.73 Å². The molecule has 1 aromatic heterocycles. The van der Waals surface area contributed by atoms with Gasteiger partial charge in [-0.3, -0.25) is 4.90 Å². The first kappa shape index (κ1) is 11.7. The molecule has 1 aliphatic heterocycles. The van der Waals surface area contributed by atoms with Crippen LogP contribution in [0.4, 0.5) is 5.69 Å². The van der Waals surface area contributed by atoms with Crippen molar-refractivity contribution in [3.05, 3.63) is 44.9 Å². The monoisotopic (exact) mass is 259 g/mol. The SMILES string of the molecule is Cc1nc(CN2Cc3cccc(N)c3C2)sc1C. The van der Waals surface area contributed by atoms with E-state index in [0.29, 0.717) is 0 Å². The molecule has 1 aromatic carbocycles. The third kappa shape index (κ3) is 2.02. The van der Waals surface area contributed by atoms with Crippen LogP contribution in [0, 0.1) is 13.8 Å². The Morgan fingerprint density at radius 3 is 2.83 bits per heavy atom.